The second-order valence-corrected chi connectivity index (χ2v) is 3.89. The zero-order chi connectivity index (χ0) is 12.9. The smallest absolute Gasteiger partial charge is 0.383 e. The Bertz CT molecular complexity index is 363. The Labute approximate surface area is 98.8 Å². The lowest BCUT2D eigenvalue weighted by atomic mass is 10.1. The second-order valence-electron chi connectivity index (χ2n) is 3.89. The molecule has 0 atom stereocenters. The van der Waals surface area contributed by atoms with Crippen molar-refractivity contribution in [2.24, 2.45) is 0 Å². The molecule has 0 aliphatic rings. The molecule has 17 heavy (non-hydrogen) atoms. The summed E-state index contributed by atoms with van der Waals surface area (Å²) in [4.78, 5) is 0. The maximum absolute atomic E-state index is 11.8. The lowest BCUT2D eigenvalue weighted by Crippen LogP contribution is -2.20. The molecule has 0 fully saturated rings. The van der Waals surface area contributed by atoms with Crippen LogP contribution in [-0.2, 0) is 4.74 Å². The molecule has 0 spiro atoms. The van der Waals surface area contributed by atoms with Crippen LogP contribution in [0.15, 0.2) is 18.2 Å². The fourth-order valence-corrected chi connectivity index (χ4v) is 1.31. The van der Waals surface area contributed by atoms with Crippen molar-refractivity contribution in [1.29, 1.82) is 0 Å². The molecular weight excluding hydrogens is 231 g/mol. The third-order valence-corrected chi connectivity index (χ3v) is 2.35. The van der Waals surface area contributed by atoms with Crippen LogP contribution in [0.5, 0.6) is 0 Å². The van der Waals surface area contributed by atoms with Crippen molar-refractivity contribution in [3.05, 3.63) is 29.3 Å². The lowest BCUT2D eigenvalue weighted by Gasteiger charge is -2.10. The van der Waals surface area contributed by atoms with Crippen molar-refractivity contribution in [3.63, 3.8) is 0 Å². The topological polar surface area (TPSA) is 21.3 Å². The summed E-state index contributed by atoms with van der Waals surface area (Å²) in [5, 5.41) is 3.01. The summed E-state index contributed by atoms with van der Waals surface area (Å²) >= 11 is 0. The maximum Gasteiger partial charge on any atom is 0.411 e. The number of nitrogens with one attached hydrogen (secondary N) is 1. The van der Waals surface area contributed by atoms with Crippen LogP contribution in [0.2, 0.25) is 0 Å². The third kappa shape index (κ3) is 5.58. The Hall–Kier alpha value is -1.23. The first-order valence-electron chi connectivity index (χ1n) is 5.34. The van der Waals surface area contributed by atoms with Gasteiger partial charge in [-0.3, -0.25) is 0 Å². The minimum Gasteiger partial charge on any atom is -0.383 e. The van der Waals surface area contributed by atoms with E-state index in [1.54, 1.807) is 0 Å². The van der Waals surface area contributed by atoms with E-state index in [9.17, 15) is 13.2 Å². The largest absolute Gasteiger partial charge is 0.411 e. The predicted octanol–water partition coefficient (Wildman–Crippen LogP) is 3.29. The van der Waals surface area contributed by atoms with Gasteiger partial charge in [0.05, 0.1) is 6.61 Å². The van der Waals surface area contributed by atoms with Crippen molar-refractivity contribution in [2.75, 3.05) is 25.1 Å². The molecule has 0 heterocycles. The Morgan fingerprint density at radius 1 is 1.18 bits per heavy atom. The Balaban J connectivity index is 2.25. The monoisotopic (exact) mass is 247 g/mol. The van der Waals surface area contributed by atoms with Gasteiger partial charge in [-0.15, -0.1) is 0 Å². The fraction of sp³-hybridized carbons (Fsp3) is 0.500. The van der Waals surface area contributed by atoms with E-state index in [0.717, 1.165) is 11.3 Å². The highest BCUT2D eigenvalue weighted by Crippen LogP contribution is 2.15. The van der Waals surface area contributed by atoms with E-state index in [2.05, 4.69) is 10.1 Å². The molecule has 1 rings (SSSR count). The van der Waals surface area contributed by atoms with Gasteiger partial charge in [-0.05, 0) is 37.1 Å². The Kier molecular flexibility index (Phi) is 4.81. The number of hydrogen-bond donors (Lipinski definition) is 1. The van der Waals surface area contributed by atoms with Gasteiger partial charge in [-0.2, -0.15) is 13.2 Å². The van der Waals surface area contributed by atoms with E-state index in [1.807, 2.05) is 32.0 Å². The molecular formula is C12H16F3NO. The zero-order valence-corrected chi connectivity index (χ0v) is 9.90. The molecule has 0 saturated carbocycles. The summed E-state index contributed by atoms with van der Waals surface area (Å²) in [6.07, 6.45) is -4.25. The van der Waals surface area contributed by atoms with Crippen LogP contribution in [0, 0.1) is 13.8 Å². The van der Waals surface area contributed by atoms with Crippen LogP contribution in [0.3, 0.4) is 0 Å². The first kappa shape index (κ1) is 13.8. The van der Waals surface area contributed by atoms with Gasteiger partial charge in [0.2, 0.25) is 0 Å². The average molecular weight is 247 g/mol. The van der Waals surface area contributed by atoms with E-state index in [-0.39, 0.29) is 6.61 Å². The molecule has 0 radical (unpaired) electrons. The van der Waals surface area contributed by atoms with E-state index in [0.29, 0.717) is 6.54 Å². The third-order valence-electron chi connectivity index (χ3n) is 2.35. The number of halogens is 3. The van der Waals surface area contributed by atoms with Gasteiger partial charge in [0.25, 0.3) is 0 Å². The second kappa shape index (κ2) is 5.91. The van der Waals surface area contributed by atoms with Gasteiger partial charge >= 0.3 is 6.18 Å². The van der Waals surface area contributed by atoms with E-state index < -0.39 is 12.8 Å². The van der Waals surface area contributed by atoms with E-state index >= 15 is 0 Å². The number of alkyl halides is 3. The van der Waals surface area contributed by atoms with Crippen LogP contribution in [-0.4, -0.2) is 25.9 Å². The molecule has 0 aliphatic carbocycles. The maximum atomic E-state index is 11.8. The molecule has 0 amide bonds. The van der Waals surface area contributed by atoms with Crippen LogP contribution in [0.25, 0.3) is 0 Å². The molecule has 0 aliphatic heterocycles. The standard InChI is InChI=1S/C12H16F3NO/c1-9-3-4-11(7-10(9)2)16-5-6-17-8-12(13,14)15/h3-4,7,16H,5-6,8H2,1-2H3. The van der Waals surface area contributed by atoms with Gasteiger partial charge in [0, 0.05) is 12.2 Å². The van der Waals surface area contributed by atoms with E-state index in [4.69, 9.17) is 0 Å². The minimum atomic E-state index is -4.25. The van der Waals surface area contributed by atoms with Crippen LogP contribution < -0.4 is 5.32 Å². The van der Waals surface area contributed by atoms with Gasteiger partial charge < -0.3 is 10.1 Å². The molecule has 1 aromatic rings. The molecule has 0 aromatic heterocycles. The summed E-state index contributed by atoms with van der Waals surface area (Å²) in [6, 6.07) is 5.82. The first-order chi connectivity index (χ1) is 7.88. The molecule has 0 saturated heterocycles. The van der Waals surface area contributed by atoms with Crippen LogP contribution in [0.4, 0.5) is 18.9 Å². The Morgan fingerprint density at radius 3 is 2.47 bits per heavy atom. The summed E-state index contributed by atoms with van der Waals surface area (Å²) in [7, 11) is 0. The molecule has 5 heteroatoms. The summed E-state index contributed by atoms with van der Waals surface area (Å²) in [5.74, 6) is 0. The first-order valence-corrected chi connectivity index (χ1v) is 5.34. The highest BCUT2D eigenvalue weighted by atomic mass is 19.4. The fourth-order valence-electron chi connectivity index (χ4n) is 1.31. The van der Waals surface area contributed by atoms with Crippen molar-refractivity contribution in [2.45, 2.75) is 20.0 Å². The molecule has 2 nitrogen and oxygen atoms in total. The van der Waals surface area contributed by atoms with Gasteiger partial charge in [-0.25, -0.2) is 0 Å². The molecule has 0 bridgehead atoms. The summed E-state index contributed by atoms with van der Waals surface area (Å²) < 4.78 is 39.8. The molecule has 1 N–H and O–H groups in total. The quantitative estimate of drug-likeness (QED) is 0.806. The number of rotatable bonds is 5. The van der Waals surface area contributed by atoms with Crippen molar-refractivity contribution < 1.29 is 17.9 Å². The van der Waals surface area contributed by atoms with Gasteiger partial charge in [0.15, 0.2) is 0 Å². The molecule has 1 aromatic carbocycles. The predicted molar refractivity (Wildman–Crippen MR) is 61.3 cm³/mol. The SMILES string of the molecule is Cc1ccc(NCCOCC(F)(F)F)cc1C. The normalized spacial score (nSPS) is 11.6. The number of hydrogen-bond acceptors (Lipinski definition) is 2. The highest BCUT2D eigenvalue weighted by molar-refractivity contribution is 5.47. The van der Waals surface area contributed by atoms with Crippen LogP contribution in [0.1, 0.15) is 11.1 Å². The van der Waals surface area contributed by atoms with Crippen molar-refractivity contribution in [3.8, 4) is 0 Å². The zero-order valence-electron chi connectivity index (χ0n) is 9.90. The van der Waals surface area contributed by atoms with Crippen LogP contribution >= 0.6 is 0 Å². The summed E-state index contributed by atoms with van der Waals surface area (Å²) in [6.45, 7) is 3.19. The van der Waals surface area contributed by atoms with Gasteiger partial charge in [-0.1, -0.05) is 6.07 Å². The van der Waals surface area contributed by atoms with Gasteiger partial charge in [0.1, 0.15) is 6.61 Å². The molecule has 0 unspecified atom stereocenters. The summed E-state index contributed by atoms with van der Waals surface area (Å²) in [5.41, 5.74) is 3.22. The Morgan fingerprint density at radius 2 is 1.88 bits per heavy atom. The number of aryl methyl sites for hydroxylation is 2. The number of ether oxygens (including phenoxy) is 1. The van der Waals surface area contributed by atoms with Crippen molar-refractivity contribution >= 4 is 5.69 Å². The highest BCUT2D eigenvalue weighted by Gasteiger charge is 2.27. The average Bonchev–Trinajstić information content (AvgIpc) is 2.21. The van der Waals surface area contributed by atoms with E-state index in [1.165, 1.54) is 5.56 Å². The molecule has 96 valence electrons. The lowest BCUT2D eigenvalue weighted by molar-refractivity contribution is -0.172. The van der Waals surface area contributed by atoms with Crippen molar-refractivity contribution in [1.82, 2.24) is 0 Å². The minimum absolute atomic E-state index is 0.0342. The number of anilines is 1. The number of benzene rings is 1.